The molecule has 1 aliphatic carbocycles. The number of aromatic nitrogens is 3. The van der Waals surface area contributed by atoms with Gasteiger partial charge in [-0.25, -0.2) is 4.98 Å². The number of para-hydroxylation sites is 1. The number of fused-ring (bicyclic) bond motifs is 2. The van der Waals surface area contributed by atoms with Crippen molar-refractivity contribution in [1.29, 1.82) is 0 Å². The zero-order chi connectivity index (χ0) is 43.6. The number of hydrogen-bond acceptors (Lipinski definition) is 3. The van der Waals surface area contributed by atoms with Crippen LogP contribution in [-0.2, 0) is 50.2 Å². The van der Waals surface area contributed by atoms with E-state index in [1.807, 2.05) is 6.20 Å². The van der Waals surface area contributed by atoms with Crippen LogP contribution in [-0.4, -0.2) is 19.6 Å². The number of phenols is 1. The minimum atomic E-state index is -0.147. The molecule has 0 amide bonds. The number of benzene rings is 6. The third-order valence-electron chi connectivity index (χ3n) is 12.8. The summed E-state index contributed by atoms with van der Waals surface area (Å²) in [7, 11) is 0. The number of aryl methyl sites for hydroxylation is 1. The van der Waals surface area contributed by atoms with Crippen LogP contribution >= 0.6 is 0 Å². The molecule has 4 nitrogen and oxygen atoms in total. The summed E-state index contributed by atoms with van der Waals surface area (Å²) >= 11 is 0. The molecule has 8 aromatic rings. The number of phenolic OH excluding ortho intramolecular Hbond substituents is 1. The van der Waals surface area contributed by atoms with Gasteiger partial charge in [-0.3, -0.25) is 9.55 Å². The van der Waals surface area contributed by atoms with Gasteiger partial charge in [-0.05, 0) is 111 Å². The average molecular weight is 1010 g/mol. The predicted molar refractivity (Wildman–Crippen MR) is 259 cm³/mol. The van der Waals surface area contributed by atoms with Crippen molar-refractivity contribution in [2.45, 2.75) is 104 Å². The van der Waals surface area contributed by atoms with E-state index in [0.29, 0.717) is 5.75 Å². The molecule has 2 heterocycles. The molecule has 0 radical (unpaired) electrons. The molecule has 0 saturated heterocycles. The van der Waals surface area contributed by atoms with Crippen LogP contribution in [0.2, 0.25) is 0 Å². The fourth-order valence-corrected chi connectivity index (χ4v) is 8.98. The van der Waals surface area contributed by atoms with E-state index in [-0.39, 0.29) is 37.3 Å². The van der Waals surface area contributed by atoms with Crippen LogP contribution in [0.25, 0.3) is 72.7 Å². The molecular weight excluding hydrogens is 950 g/mol. The Morgan fingerprint density at radius 3 is 1.95 bits per heavy atom. The maximum Gasteiger partial charge on any atom is 0.148 e. The second-order valence-electron chi connectivity index (χ2n) is 20.3. The average Bonchev–Trinajstić information content (AvgIpc) is 3.65. The summed E-state index contributed by atoms with van der Waals surface area (Å²) < 4.78 is 2.28. The van der Waals surface area contributed by atoms with Crippen molar-refractivity contribution in [3.05, 3.63) is 167 Å². The summed E-state index contributed by atoms with van der Waals surface area (Å²) in [6, 6.07) is 49.8. The second-order valence-corrected chi connectivity index (χ2v) is 20.3. The van der Waals surface area contributed by atoms with Crippen LogP contribution in [0.4, 0.5) is 0 Å². The van der Waals surface area contributed by atoms with E-state index in [9.17, 15) is 5.11 Å². The summed E-state index contributed by atoms with van der Waals surface area (Å²) in [4.78, 5) is 10.5. The Balaban J connectivity index is 0.00000544. The third kappa shape index (κ3) is 8.60. The van der Waals surface area contributed by atoms with Crippen molar-refractivity contribution in [1.82, 2.24) is 14.5 Å². The monoisotopic (exact) mass is 1010 g/mol. The largest absolute Gasteiger partial charge is 0.507 e. The van der Waals surface area contributed by atoms with Crippen LogP contribution in [0, 0.1) is 6.07 Å². The van der Waals surface area contributed by atoms with Gasteiger partial charge in [0, 0.05) is 38.5 Å². The van der Waals surface area contributed by atoms with E-state index in [0.717, 1.165) is 104 Å². The maximum atomic E-state index is 12.2. The van der Waals surface area contributed by atoms with Crippen molar-refractivity contribution in [2.75, 3.05) is 0 Å². The molecule has 63 heavy (non-hydrogen) atoms. The molecule has 5 heteroatoms. The molecule has 0 bridgehead atoms. The molecule has 0 saturated carbocycles. The molecule has 0 fully saturated rings. The SMILES string of the molecule is CC(C)(C)c1ccc(-c2ccnc(-c3[c-]c(-c4cccc5c4nc(-c4ccc6c(c4O)CCCC6)n5-c4ccc(C(C)(C)C)cc4-c4ccccc4)cc(C(C)(C)C)c3)c2)cc1.[Pt]. The Hall–Kier alpha value is -5.57. The summed E-state index contributed by atoms with van der Waals surface area (Å²) in [6.45, 7) is 20.3. The number of hydrogen-bond donors (Lipinski definition) is 1. The van der Waals surface area contributed by atoms with Gasteiger partial charge in [0.05, 0.1) is 22.3 Å². The molecule has 0 atom stereocenters. The summed E-state index contributed by atoms with van der Waals surface area (Å²) in [6.07, 6.45) is 5.98. The zero-order valence-corrected chi connectivity index (χ0v) is 40.4. The minimum absolute atomic E-state index is 0. The van der Waals surface area contributed by atoms with Gasteiger partial charge in [0.2, 0.25) is 0 Å². The molecule has 9 rings (SSSR count). The Labute approximate surface area is 388 Å². The molecule has 1 aliphatic rings. The van der Waals surface area contributed by atoms with Gasteiger partial charge in [-0.1, -0.05) is 158 Å². The Kier molecular flexibility index (Phi) is 11.8. The quantitative estimate of drug-likeness (QED) is 0.169. The Bertz CT molecular complexity index is 2960. The van der Waals surface area contributed by atoms with Crippen molar-refractivity contribution < 1.29 is 26.2 Å². The fraction of sp³-hybridized carbons (Fsp3) is 0.276. The fourth-order valence-electron chi connectivity index (χ4n) is 8.98. The first kappa shape index (κ1) is 44.1. The Morgan fingerprint density at radius 1 is 0.556 bits per heavy atom. The van der Waals surface area contributed by atoms with E-state index >= 15 is 0 Å². The molecule has 0 aliphatic heterocycles. The van der Waals surface area contributed by atoms with E-state index in [4.69, 9.17) is 9.97 Å². The zero-order valence-electron chi connectivity index (χ0n) is 38.1. The van der Waals surface area contributed by atoms with Crippen molar-refractivity contribution in [3.8, 4) is 67.5 Å². The Morgan fingerprint density at radius 2 is 1.24 bits per heavy atom. The molecule has 2 aromatic heterocycles. The number of aromatic hydroxyl groups is 1. The normalized spacial score (nSPS) is 13.2. The van der Waals surface area contributed by atoms with Gasteiger partial charge in [0.25, 0.3) is 0 Å². The number of rotatable bonds is 6. The van der Waals surface area contributed by atoms with Gasteiger partial charge in [-0.2, -0.15) is 0 Å². The van der Waals surface area contributed by atoms with E-state index in [2.05, 4.69) is 200 Å². The molecular formula is C58H58N3OPt-. The molecule has 0 spiro atoms. The molecule has 322 valence electrons. The summed E-state index contributed by atoms with van der Waals surface area (Å²) in [5, 5.41) is 12.2. The van der Waals surface area contributed by atoms with Crippen LogP contribution in [0.5, 0.6) is 5.75 Å². The van der Waals surface area contributed by atoms with Gasteiger partial charge in [0.15, 0.2) is 0 Å². The van der Waals surface area contributed by atoms with Gasteiger partial charge < -0.3 is 5.11 Å². The van der Waals surface area contributed by atoms with Gasteiger partial charge in [-0.15, -0.1) is 29.3 Å². The first-order valence-electron chi connectivity index (χ1n) is 22.3. The minimum Gasteiger partial charge on any atom is -0.507 e. The van der Waals surface area contributed by atoms with Crippen molar-refractivity contribution in [2.24, 2.45) is 0 Å². The van der Waals surface area contributed by atoms with Crippen LogP contribution in [0.3, 0.4) is 0 Å². The molecule has 1 N–H and O–H groups in total. The number of pyridine rings is 1. The van der Waals surface area contributed by atoms with Gasteiger partial charge >= 0.3 is 0 Å². The van der Waals surface area contributed by atoms with E-state index < -0.39 is 0 Å². The molecule has 6 aromatic carbocycles. The topological polar surface area (TPSA) is 50.9 Å². The summed E-state index contributed by atoms with van der Waals surface area (Å²) in [5.41, 5.74) is 17.8. The van der Waals surface area contributed by atoms with E-state index in [1.54, 1.807) is 0 Å². The van der Waals surface area contributed by atoms with Crippen molar-refractivity contribution in [3.63, 3.8) is 0 Å². The standard InChI is InChI=1S/C58H58N3O.Pt/c1-56(2,3)43-25-22-37(23-26-43)40-30-31-59-50(35-40)42-32-41(33-45(34-42)58(7,8)9)46-20-15-21-52-53(46)60-55(48-28-24-39-18-13-14-19-47(39)54(48)62)61(52)51-29-27-44(57(4,5)6)36-49(51)38-16-11-10-12-17-38;/h10-12,15-17,20-31,33-36,62H,13-14,18-19H2,1-9H3;/q-1;. The van der Waals surface area contributed by atoms with Crippen molar-refractivity contribution >= 4 is 11.0 Å². The van der Waals surface area contributed by atoms with Gasteiger partial charge in [0.1, 0.15) is 11.6 Å². The smallest absolute Gasteiger partial charge is 0.148 e. The van der Waals surface area contributed by atoms with Crippen LogP contribution in [0.15, 0.2) is 134 Å². The predicted octanol–water partition coefficient (Wildman–Crippen LogP) is 15.0. The maximum absolute atomic E-state index is 12.2. The first-order valence-corrected chi connectivity index (χ1v) is 22.3. The van der Waals surface area contributed by atoms with E-state index in [1.165, 1.54) is 22.3 Å². The molecule has 0 unspecified atom stereocenters. The summed E-state index contributed by atoms with van der Waals surface area (Å²) in [5.74, 6) is 1.06. The third-order valence-corrected chi connectivity index (χ3v) is 12.8. The van der Waals surface area contributed by atoms with Crippen LogP contribution < -0.4 is 0 Å². The second kappa shape index (κ2) is 16.9. The van der Waals surface area contributed by atoms with Crippen LogP contribution in [0.1, 0.15) is 103 Å². The number of imidazole rings is 1. The first-order chi connectivity index (χ1) is 29.5. The number of nitrogens with zero attached hydrogens (tertiary/aromatic N) is 3.